The van der Waals surface area contributed by atoms with Crippen LogP contribution in [-0.2, 0) is 15.5 Å². The van der Waals surface area contributed by atoms with Crippen molar-refractivity contribution in [2.24, 2.45) is 5.41 Å². The summed E-state index contributed by atoms with van der Waals surface area (Å²) in [6.07, 6.45) is 4.24. The molecule has 0 aromatic carbocycles. The largest absolute Gasteiger partial charge is 0.381 e. The molecule has 3 unspecified atom stereocenters. The molecule has 4 heteroatoms. The van der Waals surface area contributed by atoms with Crippen LogP contribution in [-0.4, -0.2) is 40.5 Å². The van der Waals surface area contributed by atoms with Crippen molar-refractivity contribution in [3.8, 4) is 0 Å². The fourth-order valence-corrected chi connectivity index (χ4v) is 5.61. The minimum absolute atomic E-state index is 0.279. The molecule has 0 radical (unpaired) electrons. The molecule has 18 heavy (non-hydrogen) atoms. The van der Waals surface area contributed by atoms with Crippen LogP contribution in [0.15, 0.2) is 0 Å². The van der Waals surface area contributed by atoms with E-state index in [2.05, 4.69) is 26.1 Å². The van der Waals surface area contributed by atoms with Gasteiger partial charge in [-0.3, -0.25) is 4.21 Å². The van der Waals surface area contributed by atoms with E-state index in [1.807, 2.05) is 0 Å². The van der Waals surface area contributed by atoms with Gasteiger partial charge in [-0.05, 0) is 37.6 Å². The second kappa shape index (κ2) is 6.02. The lowest BCUT2D eigenvalue weighted by Crippen LogP contribution is -2.48. The molecule has 0 aromatic rings. The lowest BCUT2D eigenvalue weighted by atomic mass is 9.87. The van der Waals surface area contributed by atoms with E-state index in [1.54, 1.807) is 0 Å². The van der Waals surface area contributed by atoms with E-state index in [9.17, 15) is 4.21 Å². The van der Waals surface area contributed by atoms with Gasteiger partial charge in [-0.1, -0.05) is 20.8 Å². The first-order valence-electron chi connectivity index (χ1n) is 7.27. The van der Waals surface area contributed by atoms with Gasteiger partial charge in [0.15, 0.2) is 0 Å². The Kier molecular flexibility index (Phi) is 4.84. The van der Waals surface area contributed by atoms with Gasteiger partial charge in [-0.2, -0.15) is 0 Å². The zero-order valence-corrected chi connectivity index (χ0v) is 12.7. The predicted molar refractivity (Wildman–Crippen MR) is 76.3 cm³/mol. The Bertz CT molecular complexity index is 300. The molecule has 2 rings (SSSR count). The summed E-state index contributed by atoms with van der Waals surface area (Å²) in [5.74, 6) is 0. The zero-order valence-electron chi connectivity index (χ0n) is 11.9. The van der Waals surface area contributed by atoms with Crippen molar-refractivity contribution in [1.82, 2.24) is 5.32 Å². The molecule has 0 bridgehead atoms. The summed E-state index contributed by atoms with van der Waals surface area (Å²) in [7, 11) is -0.702. The van der Waals surface area contributed by atoms with Gasteiger partial charge in [0.1, 0.15) is 0 Å². The summed E-state index contributed by atoms with van der Waals surface area (Å²) in [6, 6.07) is 0.408. The Morgan fingerprint density at radius 3 is 2.56 bits per heavy atom. The quantitative estimate of drug-likeness (QED) is 0.852. The minimum Gasteiger partial charge on any atom is -0.381 e. The second-order valence-corrected chi connectivity index (χ2v) is 8.17. The van der Waals surface area contributed by atoms with Crippen LogP contribution in [0.1, 0.15) is 46.5 Å². The van der Waals surface area contributed by atoms with Crippen molar-refractivity contribution in [3.05, 3.63) is 0 Å². The zero-order chi connectivity index (χ0) is 13.2. The van der Waals surface area contributed by atoms with Crippen LogP contribution < -0.4 is 5.32 Å². The Balaban J connectivity index is 2.04. The summed E-state index contributed by atoms with van der Waals surface area (Å²) in [6.45, 7) is 9.30. The van der Waals surface area contributed by atoms with Crippen LogP contribution in [0.4, 0.5) is 0 Å². The number of hydrogen-bond donors (Lipinski definition) is 1. The van der Waals surface area contributed by atoms with E-state index in [0.717, 1.165) is 39.0 Å². The monoisotopic (exact) mass is 273 g/mol. The number of ether oxygens (including phenoxy) is 1. The van der Waals surface area contributed by atoms with Crippen LogP contribution in [0.2, 0.25) is 0 Å². The number of rotatable bonds is 4. The van der Waals surface area contributed by atoms with Gasteiger partial charge in [0.25, 0.3) is 0 Å². The van der Waals surface area contributed by atoms with Gasteiger partial charge in [-0.15, -0.1) is 0 Å². The average Bonchev–Trinajstić information content (AvgIpc) is 2.66. The van der Waals surface area contributed by atoms with E-state index in [0.29, 0.717) is 16.5 Å². The van der Waals surface area contributed by atoms with Gasteiger partial charge < -0.3 is 10.1 Å². The van der Waals surface area contributed by atoms with Crippen LogP contribution in [0.3, 0.4) is 0 Å². The van der Waals surface area contributed by atoms with Crippen LogP contribution >= 0.6 is 0 Å². The molecule has 1 saturated heterocycles. The molecular formula is C14H27NO2S. The van der Waals surface area contributed by atoms with Gasteiger partial charge in [0.05, 0.1) is 5.25 Å². The Hall–Kier alpha value is 0.0700. The summed E-state index contributed by atoms with van der Waals surface area (Å²) >= 11 is 0. The van der Waals surface area contributed by atoms with E-state index < -0.39 is 10.8 Å². The molecular weight excluding hydrogens is 246 g/mol. The summed E-state index contributed by atoms with van der Waals surface area (Å²) < 4.78 is 18.2. The SMILES string of the molecule is CCNC1C(S(=O)C2CCOCC2)CCC1(C)C. The van der Waals surface area contributed by atoms with Crippen molar-refractivity contribution in [2.75, 3.05) is 19.8 Å². The highest BCUT2D eigenvalue weighted by Crippen LogP contribution is 2.41. The van der Waals surface area contributed by atoms with Crippen molar-refractivity contribution in [2.45, 2.75) is 63.0 Å². The highest BCUT2D eigenvalue weighted by Gasteiger charge is 2.45. The van der Waals surface area contributed by atoms with Crippen LogP contribution in [0.25, 0.3) is 0 Å². The number of nitrogens with one attached hydrogen (secondary N) is 1. The molecule has 3 nitrogen and oxygen atoms in total. The average molecular weight is 273 g/mol. The summed E-state index contributed by atoms with van der Waals surface area (Å²) in [5.41, 5.74) is 0.279. The second-order valence-electron chi connectivity index (χ2n) is 6.24. The van der Waals surface area contributed by atoms with Crippen molar-refractivity contribution in [3.63, 3.8) is 0 Å². The van der Waals surface area contributed by atoms with Crippen molar-refractivity contribution >= 4 is 10.8 Å². The molecule has 0 spiro atoms. The third kappa shape index (κ3) is 2.97. The molecule has 2 aliphatic rings. The van der Waals surface area contributed by atoms with E-state index in [-0.39, 0.29) is 5.41 Å². The van der Waals surface area contributed by atoms with Gasteiger partial charge >= 0.3 is 0 Å². The molecule has 0 amide bonds. The lowest BCUT2D eigenvalue weighted by Gasteiger charge is -2.33. The van der Waals surface area contributed by atoms with Gasteiger partial charge in [0, 0.05) is 35.3 Å². The van der Waals surface area contributed by atoms with Crippen molar-refractivity contribution < 1.29 is 8.95 Å². The lowest BCUT2D eigenvalue weighted by molar-refractivity contribution is 0.0990. The molecule has 1 heterocycles. The Morgan fingerprint density at radius 1 is 1.28 bits per heavy atom. The standard InChI is InChI=1S/C14H27NO2S/c1-4-15-13-12(5-8-14(13,2)3)18(16)11-6-9-17-10-7-11/h11-13,15H,4-10H2,1-3H3. The van der Waals surface area contributed by atoms with Crippen LogP contribution in [0.5, 0.6) is 0 Å². The fourth-order valence-electron chi connectivity index (χ4n) is 3.37. The van der Waals surface area contributed by atoms with Crippen LogP contribution in [0, 0.1) is 5.41 Å². The summed E-state index contributed by atoms with van der Waals surface area (Å²) in [4.78, 5) is 0. The molecule has 106 valence electrons. The van der Waals surface area contributed by atoms with Gasteiger partial charge in [0.2, 0.25) is 0 Å². The molecule has 2 fully saturated rings. The normalized spacial score (nSPS) is 34.6. The van der Waals surface area contributed by atoms with Gasteiger partial charge in [-0.25, -0.2) is 0 Å². The van der Waals surface area contributed by atoms with E-state index >= 15 is 0 Å². The minimum atomic E-state index is -0.702. The molecule has 1 aliphatic heterocycles. The number of hydrogen-bond acceptors (Lipinski definition) is 3. The first-order chi connectivity index (χ1) is 8.56. The molecule has 3 atom stereocenters. The Labute approximate surface area is 114 Å². The van der Waals surface area contributed by atoms with Crippen molar-refractivity contribution in [1.29, 1.82) is 0 Å². The maximum absolute atomic E-state index is 12.8. The van der Waals surface area contributed by atoms with E-state index in [4.69, 9.17) is 4.74 Å². The smallest absolute Gasteiger partial charge is 0.0509 e. The highest BCUT2D eigenvalue weighted by atomic mass is 32.2. The first-order valence-corrected chi connectivity index (χ1v) is 8.54. The maximum Gasteiger partial charge on any atom is 0.0509 e. The predicted octanol–water partition coefficient (Wildman–Crippen LogP) is 2.08. The molecule has 1 aliphatic carbocycles. The maximum atomic E-state index is 12.8. The topological polar surface area (TPSA) is 38.3 Å². The molecule has 1 N–H and O–H groups in total. The summed E-state index contributed by atoms with van der Waals surface area (Å²) in [5, 5.41) is 4.28. The third-order valence-electron chi connectivity index (χ3n) is 4.51. The molecule has 0 aromatic heterocycles. The highest BCUT2D eigenvalue weighted by molar-refractivity contribution is 7.86. The first kappa shape index (κ1) is 14.5. The molecule has 1 saturated carbocycles. The fraction of sp³-hybridized carbons (Fsp3) is 1.00. The Morgan fingerprint density at radius 2 is 1.94 bits per heavy atom. The third-order valence-corrected chi connectivity index (χ3v) is 6.74. The van der Waals surface area contributed by atoms with E-state index in [1.165, 1.54) is 6.42 Å².